The van der Waals surface area contributed by atoms with Crippen LogP contribution in [-0.4, -0.2) is 11.5 Å². The Hall–Kier alpha value is -2.07. The summed E-state index contributed by atoms with van der Waals surface area (Å²) in [5.41, 5.74) is 12.9. The zero-order chi connectivity index (χ0) is 19.5. The molecule has 0 saturated carbocycles. The highest BCUT2D eigenvalue weighted by Crippen LogP contribution is 2.37. The summed E-state index contributed by atoms with van der Waals surface area (Å²) < 4.78 is 0.988. The number of halogens is 2. The van der Waals surface area contributed by atoms with Crippen molar-refractivity contribution in [3.63, 3.8) is 0 Å². The molecule has 2 nitrogen and oxygen atoms in total. The van der Waals surface area contributed by atoms with E-state index in [2.05, 4.69) is 75.5 Å². The van der Waals surface area contributed by atoms with Crippen molar-refractivity contribution in [2.75, 3.05) is 6.54 Å². The van der Waals surface area contributed by atoms with Crippen LogP contribution < -0.4 is 5.73 Å². The average Bonchev–Trinajstić information content (AvgIpc) is 3.08. The van der Waals surface area contributed by atoms with Crippen LogP contribution in [0, 0.1) is 0 Å². The van der Waals surface area contributed by atoms with Gasteiger partial charge in [0.2, 0.25) is 0 Å². The lowest BCUT2D eigenvalue weighted by Crippen LogP contribution is -1.99. The number of hydrogen-bond acceptors (Lipinski definition) is 1. The first-order valence-electron chi connectivity index (χ1n) is 9.53. The Morgan fingerprint density at radius 3 is 2.25 bits per heavy atom. The van der Waals surface area contributed by atoms with Crippen LogP contribution in [0.15, 0.2) is 71.2 Å². The van der Waals surface area contributed by atoms with Gasteiger partial charge in [0, 0.05) is 20.6 Å². The second-order valence-corrected chi connectivity index (χ2v) is 8.27. The summed E-state index contributed by atoms with van der Waals surface area (Å²) in [7, 11) is 0. The highest BCUT2D eigenvalue weighted by Gasteiger charge is 2.16. The third-order valence-electron chi connectivity index (χ3n) is 5.09. The van der Waals surface area contributed by atoms with E-state index in [0.717, 1.165) is 40.0 Å². The molecule has 3 N–H and O–H groups in total. The fraction of sp³-hybridized carbons (Fsp3) is 0.167. The van der Waals surface area contributed by atoms with Crippen LogP contribution >= 0.6 is 27.5 Å². The number of H-pyrrole nitrogens is 1. The molecule has 4 heteroatoms. The van der Waals surface area contributed by atoms with Crippen molar-refractivity contribution in [2.24, 2.45) is 5.73 Å². The lowest BCUT2D eigenvalue weighted by molar-refractivity contribution is 0.748. The zero-order valence-electron chi connectivity index (χ0n) is 15.5. The van der Waals surface area contributed by atoms with Crippen LogP contribution in [-0.2, 0) is 6.42 Å². The molecule has 0 aliphatic rings. The van der Waals surface area contributed by atoms with Crippen molar-refractivity contribution in [3.05, 3.63) is 81.8 Å². The Labute approximate surface area is 178 Å². The van der Waals surface area contributed by atoms with Crippen molar-refractivity contribution >= 4 is 38.4 Å². The van der Waals surface area contributed by atoms with Crippen LogP contribution in [0.3, 0.4) is 0 Å². The van der Waals surface area contributed by atoms with Gasteiger partial charge < -0.3 is 10.7 Å². The molecule has 1 heterocycles. The Balaban J connectivity index is 1.78. The summed E-state index contributed by atoms with van der Waals surface area (Å²) in [5.74, 6) is 0. The van der Waals surface area contributed by atoms with Crippen LogP contribution in [0.4, 0.5) is 0 Å². The SMILES string of the molecule is NCCCCc1c(-c2ccc(-c3ccccc3)cc2)[nH]c2c(Br)cc(Cl)cc12. The van der Waals surface area contributed by atoms with Gasteiger partial charge in [-0.25, -0.2) is 0 Å². The molecule has 0 unspecified atom stereocenters. The van der Waals surface area contributed by atoms with E-state index in [1.165, 1.54) is 27.6 Å². The molecule has 0 atom stereocenters. The van der Waals surface area contributed by atoms with Gasteiger partial charge >= 0.3 is 0 Å². The number of aryl methyl sites for hydroxylation is 1. The lowest BCUT2D eigenvalue weighted by atomic mass is 9.98. The third-order valence-corrected chi connectivity index (χ3v) is 5.94. The summed E-state index contributed by atoms with van der Waals surface area (Å²) >= 11 is 9.99. The van der Waals surface area contributed by atoms with Crippen molar-refractivity contribution < 1.29 is 0 Å². The molecular formula is C24H22BrClN2. The first-order chi connectivity index (χ1) is 13.7. The molecule has 0 saturated heterocycles. The van der Waals surface area contributed by atoms with Crippen molar-refractivity contribution in [2.45, 2.75) is 19.3 Å². The Bertz CT molecular complexity index is 1090. The molecule has 0 aliphatic carbocycles. The first kappa shape index (κ1) is 19.3. The number of rotatable bonds is 6. The third kappa shape index (κ3) is 3.88. The van der Waals surface area contributed by atoms with Gasteiger partial charge in [0.05, 0.1) is 5.52 Å². The van der Waals surface area contributed by atoms with Crippen LogP contribution in [0.2, 0.25) is 5.02 Å². The molecule has 0 aliphatic heterocycles. The molecule has 0 amide bonds. The molecule has 0 fully saturated rings. The monoisotopic (exact) mass is 452 g/mol. The maximum atomic E-state index is 6.34. The van der Waals surface area contributed by atoms with Gasteiger partial charge in [-0.3, -0.25) is 0 Å². The molecule has 4 rings (SSSR count). The number of hydrogen-bond donors (Lipinski definition) is 2. The number of nitrogens with one attached hydrogen (secondary N) is 1. The van der Waals surface area contributed by atoms with Gasteiger partial charge in [-0.1, -0.05) is 66.2 Å². The highest BCUT2D eigenvalue weighted by atomic mass is 79.9. The van der Waals surface area contributed by atoms with E-state index < -0.39 is 0 Å². The number of fused-ring (bicyclic) bond motifs is 1. The minimum absolute atomic E-state index is 0.716. The Kier molecular flexibility index (Phi) is 5.86. The molecule has 0 bridgehead atoms. The minimum atomic E-state index is 0.716. The smallest absolute Gasteiger partial charge is 0.0607 e. The molecule has 28 heavy (non-hydrogen) atoms. The van der Waals surface area contributed by atoms with Crippen LogP contribution in [0.5, 0.6) is 0 Å². The summed E-state index contributed by atoms with van der Waals surface area (Å²) in [5, 5.41) is 1.92. The maximum absolute atomic E-state index is 6.34. The largest absolute Gasteiger partial charge is 0.353 e. The van der Waals surface area contributed by atoms with Crippen molar-refractivity contribution in [1.29, 1.82) is 0 Å². The first-order valence-corrected chi connectivity index (χ1v) is 10.7. The molecule has 4 aromatic rings. The number of nitrogens with two attached hydrogens (primary N) is 1. The van der Waals surface area contributed by atoms with Gasteiger partial charge in [0.1, 0.15) is 0 Å². The summed E-state index contributed by atoms with van der Waals surface area (Å²) in [6.45, 7) is 0.716. The average molecular weight is 454 g/mol. The van der Waals surface area contributed by atoms with E-state index in [1.807, 2.05) is 12.1 Å². The Morgan fingerprint density at radius 1 is 0.857 bits per heavy atom. The van der Waals surface area contributed by atoms with Gasteiger partial charge in [-0.05, 0) is 76.1 Å². The van der Waals surface area contributed by atoms with Gasteiger partial charge in [-0.2, -0.15) is 0 Å². The quantitative estimate of drug-likeness (QED) is 0.298. The van der Waals surface area contributed by atoms with Crippen LogP contribution in [0.25, 0.3) is 33.3 Å². The molecule has 1 aromatic heterocycles. The fourth-order valence-corrected chi connectivity index (χ4v) is 4.60. The van der Waals surface area contributed by atoms with Gasteiger partial charge in [0.25, 0.3) is 0 Å². The number of benzene rings is 3. The molecule has 0 radical (unpaired) electrons. The number of aromatic nitrogens is 1. The molecule has 0 spiro atoms. The second kappa shape index (κ2) is 8.52. The molecule has 142 valence electrons. The van der Waals surface area contributed by atoms with E-state index >= 15 is 0 Å². The van der Waals surface area contributed by atoms with Crippen molar-refractivity contribution in [1.82, 2.24) is 4.98 Å². The number of unbranched alkanes of at least 4 members (excludes halogenated alkanes) is 1. The van der Waals surface area contributed by atoms with Crippen LogP contribution in [0.1, 0.15) is 18.4 Å². The fourth-order valence-electron chi connectivity index (χ4n) is 3.69. The lowest BCUT2D eigenvalue weighted by Gasteiger charge is -2.07. The summed E-state index contributed by atoms with van der Waals surface area (Å²) in [6, 6.07) is 23.2. The van der Waals surface area contributed by atoms with E-state index in [1.54, 1.807) is 0 Å². The normalized spacial score (nSPS) is 11.2. The zero-order valence-corrected chi connectivity index (χ0v) is 17.9. The van der Waals surface area contributed by atoms with E-state index in [4.69, 9.17) is 17.3 Å². The highest BCUT2D eigenvalue weighted by molar-refractivity contribution is 9.10. The molecule has 3 aromatic carbocycles. The summed E-state index contributed by atoms with van der Waals surface area (Å²) in [6.07, 6.45) is 3.04. The standard InChI is InChI=1S/C24H22BrClN2/c25-22-15-19(26)14-21-20(8-4-5-13-27)23(28-24(21)22)18-11-9-17(10-12-18)16-6-2-1-3-7-16/h1-3,6-7,9-12,14-15,28H,4-5,8,13,27H2. The predicted molar refractivity (Wildman–Crippen MR) is 124 cm³/mol. The topological polar surface area (TPSA) is 41.8 Å². The predicted octanol–water partition coefficient (Wildman–Crippen LogP) is 7.20. The minimum Gasteiger partial charge on any atom is -0.353 e. The van der Waals surface area contributed by atoms with E-state index in [-0.39, 0.29) is 0 Å². The number of aromatic amines is 1. The van der Waals surface area contributed by atoms with Gasteiger partial charge in [-0.15, -0.1) is 0 Å². The van der Waals surface area contributed by atoms with Crippen molar-refractivity contribution in [3.8, 4) is 22.4 Å². The summed E-state index contributed by atoms with van der Waals surface area (Å²) in [4.78, 5) is 3.63. The van der Waals surface area contributed by atoms with E-state index in [0.29, 0.717) is 6.54 Å². The molecular weight excluding hydrogens is 432 g/mol. The van der Waals surface area contributed by atoms with E-state index in [9.17, 15) is 0 Å². The van der Waals surface area contributed by atoms with Gasteiger partial charge in [0.15, 0.2) is 0 Å². The maximum Gasteiger partial charge on any atom is 0.0607 e. The second-order valence-electron chi connectivity index (χ2n) is 6.98. The Morgan fingerprint density at radius 2 is 1.54 bits per heavy atom.